The predicted octanol–water partition coefficient (Wildman–Crippen LogP) is 3.10. The summed E-state index contributed by atoms with van der Waals surface area (Å²) >= 11 is 0.348. The van der Waals surface area contributed by atoms with Gasteiger partial charge in [0.2, 0.25) is 0 Å². The van der Waals surface area contributed by atoms with E-state index in [9.17, 15) is 27.9 Å². The fraction of sp³-hybridized carbons (Fsp3) is 0.312. The second kappa shape index (κ2) is 6.47. The summed E-state index contributed by atoms with van der Waals surface area (Å²) in [5.41, 5.74) is 1.03. The van der Waals surface area contributed by atoms with Gasteiger partial charge in [-0.05, 0) is 5.56 Å². The van der Waals surface area contributed by atoms with Crippen molar-refractivity contribution < 1.29 is 27.9 Å². The summed E-state index contributed by atoms with van der Waals surface area (Å²) < 4.78 is 38.9. The van der Waals surface area contributed by atoms with Crippen molar-refractivity contribution in [1.82, 2.24) is 9.88 Å². The van der Waals surface area contributed by atoms with Crippen molar-refractivity contribution in [2.45, 2.75) is 12.1 Å². The van der Waals surface area contributed by atoms with Crippen LogP contribution >= 0.6 is 11.3 Å². The van der Waals surface area contributed by atoms with E-state index in [1.165, 1.54) is 0 Å². The first-order valence-electron chi connectivity index (χ1n) is 7.36. The molecule has 1 aliphatic rings. The second-order valence-electron chi connectivity index (χ2n) is 5.70. The Morgan fingerprint density at radius 3 is 2.48 bits per heavy atom. The summed E-state index contributed by atoms with van der Waals surface area (Å²) in [5, 5.41) is 9.43. The summed E-state index contributed by atoms with van der Waals surface area (Å²) in [6, 6.07) is 8.78. The molecular formula is C16H13F3N2O3S. The number of carboxylic acid groups (broad SMARTS) is 1. The Balaban J connectivity index is 1.88. The van der Waals surface area contributed by atoms with Crippen LogP contribution in [0.25, 0.3) is 0 Å². The largest absolute Gasteiger partial charge is 0.481 e. The highest BCUT2D eigenvalue weighted by atomic mass is 32.1. The number of aromatic nitrogens is 1. The number of carbonyl (C=O) groups is 2. The third-order valence-electron chi connectivity index (χ3n) is 4.18. The highest BCUT2D eigenvalue weighted by Gasteiger charge is 2.44. The van der Waals surface area contributed by atoms with E-state index >= 15 is 0 Å². The van der Waals surface area contributed by atoms with Gasteiger partial charge in [-0.1, -0.05) is 30.3 Å². The van der Waals surface area contributed by atoms with E-state index in [-0.39, 0.29) is 13.1 Å². The normalized spacial score (nSPS) is 20.7. The molecule has 3 rings (SSSR count). The first kappa shape index (κ1) is 17.4. The van der Waals surface area contributed by atoms with Gasteiger partial charge in [0.05, 0.1) is 11.4 Å². The number of carbonyl (C=O) groups excluding carboxylic acids is 1. The molecule has 2 heterocycles. The van der Waals surface area contributed by atoms with Gasteiger partial charge in [0.15, 0.2) is 5.69 Å². The van der Waals surface area contributed by atoms with Crippen LogP contribution < -0.4 is 0 Å². The van der Waals surface area contributed by atoms with E-state index in [0.717, 1.165) is 16.0 Å². The zero-order valence-electron chi connectivity index (χ0n) is 12.7. The minimum atomic E-state index is -4.67. The number of nitrogens with zero attached hydrogens (tertiary/aromatic N) is 2. The monoisotopic (exact) mass is 370 g/mol. The number of halogens is 3. The predicted molar refractivity (Wildman–Crippen MR) is 83.3 cm³/mol. The number of likely N-dealkylation sites (tertiary alicyclic amines) is 1. The molecule has 132 valence electrons. The van der Waals surface area contributed by atoms with Gasteiger partial charge in [-0.2, -0.15) is 13.2 Å². The zero-order chi connectivity index (χ0) is 18.2. The molecule has 5 nitrogen and oxygen atoms in total. The maximum absolute atomic E-state index is 13.0. The van der Waals surface area contributed by atoms with Crippen LogP contribution in [0, 0.1) is 5.92 Å². The average molecular weight is 370 g/mol. The topological polar surface area (TPSA) is 70.5 Å². The third kappa shape index (κ3) is 3.37. The molecular weight excluding hydrogens is 357 g/mol. The standard InChI is InChI=1S/C16H13F3N2O3S/c17-16(18,19)13-12(20-8-25-13)14(22)21-6-10(11(7-21)15(23)24)9-4-2-1-3-5-9/h1-5,8,10-11H,6-7H2,(H,23,24)/t10-,11-/m1/s1. The van der Waals surface area contributed by atoms with Crippen LogP contribution in [-0.2, 0) is 11.0 Å². The van der Waals surface area contributed by atoms with Gasteiger partial charge in [-0.3, -0.25) is 9.59 Å². The molecule has 25 heavy (non-hydrogen) atoms. The van der Waals surface area contributed by atoms with E-state index in [1.54, 1.807) is 30.3 Å². The number of hydrogen-bond donors (Lipinski definition) is 1. The van der Waals surface area contributed by atoms with Crippen LogP contribution in [0.5, 0.6) is 0 Å². The molecule has 0 bridgehead atoms. The van der Waals surface area contributed by atoms with E-state index in [4.69, 9.17) is 0 Å². The number of rotatable bonds is 3. The Labute approximate surface area is 144 Å². The Bertz CT molecular complexity index is 791. The second-order valence-corrected chi connectivity index (χ2v) is 6.55. The molecule has 0 radical (unpaired) electrons. The molecule has 1 aliphatic heterocycles. The molecule has 9 heteroatoms. The van der Waals surface area contributed by atoms with Crippen LogP contribution in [-0.4, -0.2) is 40.0 Å². The lowest BCUT2D eigenvalue weighted by atomic mass is 9.89. The number of hydrogen-bond acceptors (Lipinski definition) is 4. The Morgan fingerprint density at radius 2 is 1.88 bits per heavy atom. The average Bonchev–Trinajstić information content (AvgIpc) is 3.22. The molecule has 0 saturated carbocycles. The lowest BCUT2D eigenvalue weighted by Crippen LogP contribution is -2.31. The number of amides is 1. The molecule has 1 amide bonds. The Kier molecular flexibility index (Phi) is 4.51. The number of alkyl halides is 3. The fourth-order valence-corrected chi connectivity index (χ4v) is 3.66. The number of aliphatic carboxylic acids is 1. The van der Waals surface area contributed by atoms with Gasteiger partial charge in [-0.25, -0.2) is 4.98 Å². The summed E-state index contributed by atoms with van der Waals surface area (Å²) in [6.45, 7) is -0.114. The van der Waals surface area contributed by atoms with Crippen molar-refractivity contribution in [2.75, 3.05) is 13.1 Å². The van der Waals surface area contributed by atoms with Crippen molar-refractivity contribution in [3.05, 3.63) is 52.0 Å². The molecule has 2 aromatic rings. The van der Waals surface area contributed by atoms with Crippen LogP contribution in [0.4, 0.5) is 13.2 Å². The zero-order valence-corrected chi connectivity index (χ0v) is 13.5. The van der Waals surface area contributed by atoms with E-state index in [2.05, 4.69) is 4.98 Å². The molecule has 1 fully saturated rings. The lowest BCUT2D eigenvalue weighted by molar-refractivity contribution is -0.141. The lowest BCUT2D eigenvalue weighted by Gasteiger charge is -2.16. The van der Waals surface area contributed by atoms with Crippen LogP contribution in [0.2, 0.25) is 0 Å². The number of thiazole rings is 1. The maximum atomic E-state index is 13.0. The molecule has 1 aromatic heterocycles. The van der Waals surface area contributed by atoms with Gasteiger partial charge < -0.3 is 10.0 Å². The van der Waals surface area contributed by atoms with Gasteiger partial charge in [-0.15, -0.1) is 11.3 Å². The van der Waals surface area contributed by atoms with Gasteiger partial charge in [0.1, 0.15) is 4.88 Å². The van der Waals surface area contributed by atoms with Gasteiger partial charge >= 0.3 is 12.1 Å². The quantitative estimate of drug-likeness (QED) is 0.901. The molecule has 1 aromatic carbocycles. The van der Waals surface area contributed by atoms with Gasteiger partial charge in [0, 0.05) is 19.0 Å². The summed E-state index contributed by atoms with van der Waals surface area (Å²) in [6.07, 6.45) is -4.67. The Hall–Kier alpha value is -2.42. The molecule has 1 saturated heterocycles. The number of benzene rings is 1. The molecule has 2 atom stereocenters. The minimum absolute atomic E-state index is 0.0363. The van der Waals surface area contributed by atoms with Crippen molar-refractivity contribution in [3.8, 4) is 0 Å². The molecule has 0 spiro atoms. The summed E-state index contributed by atoms with van der Waals surface area (Å²) in [4.78, 5) is 27.7. The van der Waals surface area contributed by atoms with E-state index < -0.39 is 40.5 Å². The minimum Gasteiger partial charge on any atom is -0.481 e. The highest BCUT2D eigenvalue weighted by molar-refractivity contribution is 7.10. The van der Waals surface area contributed by atoms with Crippen LogP contribution in [0.3, 0.4) is 0 Å². The maximum Gasteiger partial charge on any atom is 0.427 e. The van der Waals surface area contributed by atoms with Crippen molar-refractivity contribution in [1.29, 1.82) is 0 Å². The van der Waals surface area contributed by atoms with Crippen molar-refractivity contribution in [3.63, 3.8) is 0 Å². The molecule has 1 N–H and O–H groups in total. The first-order valence-corrected chi connectivity index (χ1v) is 8.24. The van der Waals surface area contributed by atoms with Crippen molar-refractivity contribution in [2.24, 2.45) is 5.92 Å². The molecule has 0 unspecified atom stereocenters. The summed E-state index contributed by atoms with van der Waals surface area (Å²) in [5.74, 6) is -3.33. The highest BCUT2D eigenvalue weighted by Crippen LogP contribution is 2.37. The summed E-state index contributed by atoms with van der Waals surface area (Å²) in [7, 11) is 0. The van der Waals surface area contributed by atoms with Crippen molar-refractivity contribution >= 4 is 23.2 Å². The Morgan fingerprint density at radius 1 is 1.20 bits per heavy atom. The third-order valence-corrected chi connectivity index (χ3v) is 5.05. The molecule has 0 aliphatic carbocycles. The smallest absolute Gasteiger partial charge is 0.427 e. The van der Waals surface area contributed by atoms with Gasteiger partial charge in [0.25, 0.3) is 5.91 Å². The fourth-order valence-electron chi connectivity index (χ4n) is 3.01. The SMILES string of the molecule is O=C(O)[C@@H]1CN(C(=O)c2ncsc2C(F)(F)F)C[C@@H]1c1ccccc1. The number of carboxylic acids is 1. The first-order chi connectivity index (χ1) is 11.8. The van der Waals surface area contributed by atoms with Crippen LogP contribution in [0.15, 0.2) is 35.8 Å². The van der Waals surface area contributed by atoms with E-state index in [1.807, 2.05) is 0 Å². The van der Waals surface area contributed by atoms with Crippen LogP contribution in [0.1, 0.15) is 26.8 Å². The van der Waals surface area contributed by atoms with E-state index in [0.29, 0.717) is 11.3 Å².